The van der Waals surface area contributed by atoms with Crippen molar-refractivity contribution in [1.82, 2.24) is 20.2 Å². The van der Waals surface area contributed by atoms with E-state index in [1.165, 1.54) is 0 Å². The van der Waals surface area contributed by atoms with Crippen molar-refractivity contribution in [3.63, 3.8) is 0 Å². The minimum atomic E-state index is -0.0356. The molecule has 7 heteroatoms. The van der Waals surface area contributed by atoms with E-state index >= 15 is 0 Å². The largest absolute Gasteiger partial charge is 0.334 e. The number of hydrogen-bond donors (Lipinski definition) is 1. The van der Waals surface area contributed by atoms with Crippen LogP contribution in [0.1, 0.15) is 17.4 Å². The Morgan fingerprint density at radius 3 is 2.71 bits per heavy atom. The predicted molar refractivity (Wildman–Crippen MR) is 87.4 cm³/mol. The first-order chi connectivity index (χ1) is 9.24. The summed E-state index contributed by atoms with van der Waals surface area (Å²) in [6.07, 6.45) is 1.57. The molecule has 0 aliphatic carbocycles. The van der Waals surface area contributed by atoms with Crippen LogP contribution in [0.3, 0.4) is 0 Å². The molecule has 1 saturated heterocycles. The third kappa shape index (κ3) is 3.81. The van der Waals surface area contributed by atoms with Gasteiger partial charge in [0.05, 0.1) is 17.2 Å². The quantitative estimate of drug-likeness (QED) is 0.868. The Kier molecular flexibility index (Phi) is 6.33. The number of para-hydroxylation sites is 2. The van der Waals surface area contributed by atoms with Crippen molar-refractivity contribution in [2.24, 2.45) is 0 Å². The van der Waals surface area contributed by atoms with Gasteiger partial charge in [-0.2, -0.15) is 0 Å². The highest BCUT2D eigenvalue weighted by atomic mass is 35.5. The third-order valence-electron chi connectivity index (χ3n) is 3.32. The van der Waals surface area contributed by atoms with Crippen molar-refractivity contribution in [1.29, 1.82) is 0 Å². The maximum atomic E-state index is 12.4. The van der Waals surface area contributed by atoms with Crippen molar-refractivity contribution in [3.05, 3.63) is 36.2 Å². The fourth-order valence-electron chi connectivity index (χ4n) is 2.34. The minimum absolute atomic E-state index is 0. The lowest BCUT2D eigenvalue weighted by Gasteiger charge is -2.31. The van der Waals surface area contributed by atoms with Gasteiger partial charge in [0.2, 0.25) is 0 Å². The first-order valence-electron chi connectivity index (χ1n) is 6.48. The second-order valence-electron chi connectivity index (χ2n) is 4.85. The highest BCUT2D eigenvalue weighted by Gasteiger charge is 2.22. The summed E-state index contributed by atoms with van der Waals surface area (Å²) in [5, 5.41) is 3.32. The summed E-state index contributed by atoms with van der Waals surface area (Å²) in [6, 6.07) is 7.91. The first kappa shape index (κ1) is 17.6. The van der Waals surface area contributed by atoms with Crippen LogP contribution in [0.2, 0.25) is 0 Å². The molecule has 1 aliphatic rings. The van der Waals surface area contributed by atoms with Crippen LogP contribution < -0.4 is 5.32 Å². The molecule has 3 rings (SSSR count). The number of aromatic nitrogens is 2. The predicted octanol–water partition coefficient (Wildman–Crippen LogP) is 1.91. The Morgan fingerprint density at radius 1 is 1.29 bits per heavy atom. The Labute approximate surface area is 136 Å². The Hall–Kier alpha value is -1.43. The van der Waals surface area contributed by atoms with Gasteiger partial charge in [0, 0.05) is 25.7 Å². The van der Waals surface area contributed by atoms with Crippen LogP contribution in [-0.4, -0.2) is 46.5 Å². The maximum absolute atomic E-state index is 12.4. The van der Waals surface area contributed by atoms with E-state index in [9.17, 15) is 4.79 Å². The van der Waals surface area contributed by atoms with E-state index in [1.807, 2.05) is 29.2 Å². The number of benzene rings is 1. The van der Waals surface area contributed by atoms with Crippen LogP contribution in [0.15, 0.2) is 30.5 Å². The van der Waals surface area contributed by atoms with E-state index in [4.69, 9.17) is 0 Å². The van der Waals surface area contributed by atoms with Gasteiger partial charge in [0.1, 0.15) is 5.69 Å². The number of carbonyl (C=O) groups is 1. The molecule has 1 unspecified atom stereocenters. The van der Waals surface area contributed by atoms with E-state index in [0.29, 0.717) is 18.3 Å². The van der Waals surface area contributed by atoms with E-state index in [2.05, 4.69) is 22.2 Å². The average Bonchev–Trinajstić information content (AvgIpc) is 2.46. The van der Waals surface area contributed by atoms with Crippen LogP contribution in [0, 0.1) is 0 Å². The van der Waals surface area contributed by atoms with Crippen molar-refractivity contribution in [2.45, 2.75) is 13.0 Å². The summed E-state index contributed by atoms with van der Waals surface area (Å²) in [6.45, 7) is 4.34. The number of piperazine rings is 1. The molecular weight excluding hydrogens is 311 g/mol. The van der Waals surface area contributed by atoms with Gasteiger partial charge in [0.25, 0.3) is 5.91 Å². The molecule has 1 aromatic carbocycles. The van der Waals surface area contributed by atoms with Gasteiger partial charge in [-0.3, -0.25) is 9.78 Å². The molecule has 1 aliphatic heterocycles. The molecular formula is C14H18Cl2N4O. The zero-order valence-electron chi connectivity index (χ0n) is 11.7. The molecule has 1 aromatic heterocycles. The maximum Gasteiger partial charge on any atom is 0.274 e. The zero-order chi connectivity index (χ0) is 13.2. The Balaban J connectivity index is 0.00000110. The van der Waals surface area contributed by atoms with Crippen molar-refractivity contribution in [2.75, 3.05) is 19.6 Å². The van der Waals surface area contributed by atoms with E-state index in [-0.39, 0.29) is 30.7 Å². The van der Waals surface area contributed by atoms with Gasteiger partial charge in [-0.1, -0.05) is 12.1 Å². The summed E-state index contributed by atoms with van der Waals surface area (Å²) < 4.78 is 0. The number of fused-ring (bicyclic) bond motifs is 1. The smallest absolute Gasteiger partial charge is 0.274 e. The number of halogens is 2. The van der Waals surface area contributed by atoms with E-state index in [1.54, 1.807) is 6.20 Å². The molecule has 0 radical (unpaired) electrons. The van der Waals surface area contributed by atoms with Crippen molar-refractivity contribution in [3.8, 4) is 0 Å². The molecule has 1 amide bonds. The number of rotatable bonds is 1. The molecule has 5 nitrogen and oxygen atoms in total. The molecule has 1 N–H and O–H groups in total. The van der Waals surface area contributed by atoms with Gasteiger partial charge in [-0.25, -0.2) is 4.98 Å². The molecule has 1 atom stereocenters. The number of nitrogens with zero attached hydrogens (tertiary/aromatic N) is 3. The lowest BCUT2D eigenvalue weighted by atomic mass is 10.2. The number of nitrogens with one attached hydrogen (secondary N) is 1. The Morgan fingerprint density at radius 2 is 2.00 bits per heavy atom. The second-order valence-corrected chi connectivity index (χ2v) is 4.85. The SMILES string of the molecule is CC1CN(C(=O)c2cnc3ccccc3n2)CCN1.Cl.Cl. The number of amides is 1. The summed E-state index contributed by atoms with van der Waals surface area (Å²) >= 11 is 0. The molecule has 0 saturated carbocycles. The molecule has 2 aromatic rings. The van der Waals surface area contributed by atoms with Crippen LogP contribution in [0.4, 0.5) is 0 Å². The summed E-state index contributed by atoms with van der Waals surface area (Å²) in [5.74, 6) is -0.0356. The molecule has 0 bridgehead atoms. The van der Waals surface area contributed by atoms with Gasteiger partial charge < -0.3 is 10.2 Å². The van der Waals surface area contributed by atoms with Gasteiger partial charge >= 0.3 is 0 Å². The fourth-order valence-corrected chi connectivity index (χ4v) is 2.34. The third-order valence-corrected chi connectivity index (χ3v) is 3.32. The average molecular weight is 329 g/mol. The highest BCUT2D eigenvalue weighted by molar-refractivity contribution is 5.93. The molecule has 21 heavy (non-hydrogen) atoms. The molecule has 2 heterocycles. The summed E-state index contributed by atoms with van der Waals surface area (Å²) in [5.41, 5.74) is 2.00. The standard InChI is InChI=1S/C14H16N4O.2ClH/c1-10-9-18(7-6-15-10)14(19)13-8-16-11-4-2-3-5-12(11)17-13;;/h2-5,8,10,15H,6-7,9H2,1H3;2*1H. The van der Waals surface area contributed by atoms with Crippen LogP contribution >= 0.6 is 24.8 Å². The fraction of sp³-hybridized carbons (Fsp3) is 0.357. The first-order valence-corrected chi connectivity index (χ1v) is 6.48. The zero-order valence-corrected chi connectivity index (χ0v) is 13.3. The van der Waals surface area contributed by atoms with Gasteiger partial charge in [-0.05, 0) is 19.1 Å². The minimum Gasteiger partial charge on any atom is -0.334 e. The van der Waals surface area contributed by atoms with Crippen LogP contribution in [-0.2, 0) is 0 Å². The number of carbonyl (C=O) groups excluding carboxylic acids is 1. The van der Waals surface area contributed by atoms with Gasteiger partial charge in [0.15, 0.2) is 0 Å². The normalized spacial score (nSPS) is 17.8. The lowest BCUT2D eigenvalue weighted by molar-refractivity contribution is 0.0703. The summed E-state index contributed by atoms with van der Waals surface area (Å²) in [4.78, 5) is 22.9. The molecule has 1 fully saturated rings. The van der Waals surface area contributed by atoms with E-state index < -0.39 is 0 Å². The van der Waals surface area contributed by atoms with Crippen molar-refractivity contribution >= 4 is 41.8 Å². The van der Waals surface area contributed by atoms with E-state index in [0.717, 1.165) is 24.1 Å². The highest BCUT2D eigenvalue weighted by Crippen LogP contribution is 2.11. The Bertz CT molecular complexity index is 623. The number of hydrogen-bond acceptors (Lipinski definition) is 4. The molecule has 114 valence electrons. The molecule has 0 spiro atoms. The second kappa shape index (κ2) is 7.54. The van der Waals surface area contributed by atoms with Gasteiger partial charge in [-0.15, -0.1) is 24.8 Å². The lowest BCUT2D eigenvalue weighted by Crippen LogP contribution is -2.51. The topological polar surface area (TPSA) is 58.1 Å². The monoisotopic (exact) mass is 328 g/mol. The van der Waals surface area contributed by atoms with Crippen LogP contribution in [0.5, 0.6) is 0 Å². The summed E-state index contributed by atoms with van der Waals surface area (Å²) in [7, 11) is 0. The van der Waals surface area contributed by atoms with Crippen LogP contribution in [0.25, 0.3) is 11.0 Å². The van der Waals surface area contributed by atoms with Crippen molar-refractivity contribution < 1.29 is 4.79 Å².